The van der Waals surface area contributed by atoms with Gasteiger partial charge in [-0.1, -0.05) is 38.8 Å². The molecule has 3 aliphatic rings. The fourth-order valence-corrected chi connectivity index (χ4v) is 8.70. The number of aromatic nitrogens is 2. The van der Waals surface area contributed by atoms with Gasteiger partial charge in [0.2, 0.25) is 11.8 Å². The van der Waals surface area contributed by atoms with Gasteiger partial charge in [0, 0.05) is 40.4 Å². The van der Waals surface area contributed by atoms with Crippen LogP contribution in [0.25, 0.3) is 21.6 Å². The third-order valence-corrected chi connectivity index (χ3v) is 12.1. The number of carbonyl (C=O) groups is 3. The lowest BCUT2D eigenvalue weighted by Gasteiger charge is -2.30. The molecule has 2 aromatic heterocycles. The van der Waals surface area contributed by atoms with Crippen LogP contribution in [0.2, 0.25) is 0 Å². The van der Waals surface area contributed by atoms with Crippen molar-refractivity contribution in [2.45, 2.75) is 102 Å². The first-order chi connectivity index (χ1) is 27.2. The Morgan fingerprint density at radius 2 is 1.86 bits per heavy atom. The summed E-state index contributed by atoms with van der Waals surface area (Å²) in [6.45, 7) is 6.02. The fourth-order valence-electron chi connectivity index (χ4n) is 7.76. The van der Waals surface area contributed by atoms with Gasteiger partial charge in [0.05, 0.1) is 30.4 Å². The number of hydrogen-bond acceptors (Lipinski definition) is 9. The number of methoxy groups -OCH3 is 1. The highest BCUT2D eigenvalue weighted by Crippen LogP contribution is 2.46. The molecular formula is C42H46F3N5O6S. The van der Waals surface area contributed by atoms with Gasteiger partial charge in [0.15, 0.2) is 0 Å². The number of nitrogens with zero attached hydrogens (tertiary/aromatic N) is 3. The van der Waals surface area contributed by atoms with Crippen LogP contribution in [0.5, 0.6) is 11.5 Å². The number of hydrogen-bond donors (Lipinski definition) is 3. The summed E-state index contributed by atoms with van der Waals surface area (Å²) in [6.07, 6.45) is 2.12. The predicted molar refractivity (Wildman–Crippen MR) is 210 cm³/mol. The molecule has 15 heteroatoms. The number of fused-ring (bicyclic) bond motifs is 3. The number of amides is 2. The average molecular weight is 806 g/mol. The van der Waals surface area contributed by atoms with Gasteiger partial charge in [0.25, 0.3) is 0 Å². The number of halogens is 3. The maximum atomic E-state index is 14.7. The summed E-state index contributed by atoms with van der Waals surface area (Å²) < 4.78 is 52.4. The standard InChI is InChI=1S/C42H46F3N5O6S/c1-23(2)32-22-57-38(48-32)31-19-35(29-16-17-34(55-4)24(3)36(29)47-31)56-28-18-33-37(51)49-41(40(53)54)20-26(41)10-8-6-5-7-9-11-30(39(52)50(33)21-28)46-27-14-12-25(13-15-27)42(43,44)45/h8,10,12-17,19,22-23,26,28,30,33,46H,5-7,9,11,18,20-21H2,1-4H3,(H,49,51)(H,53,54)/b10-8-/t26?,28-,30+,33+,41-/m1/s1. The number of pyridine rings is 1. The molecule has 2 aliphatic heterocycles. The summed E-state index contributed by atoms with van der Waals surface area (Å²) in [6, 6.07) is 8.00. The molecule has 302 valence electrons. The number of ether oxygens (including phenoxy) is 2. The Bertz CT molecular complexity index is 2190. The smallest absolute Gasteiger partial charge is 0.416 e. The molecule has 4 aromatic rings. The van der Waals surface area contributed by atoms with Crippen LogP contribution in [-0.2, 0) is 20.6 Å². The first-order valence-electron chi connectivity index (χ1n) is 19.3. The van der Waals surface area contributed by atoms with Gasteiger partial charge in [-0.15, -0.1) is 11.3 Å². The molecule has 2 amide bonds. The van der Waals surface area contributed by atoms with E-state index in [0.29, 0.717) is 58.1 Å². The molecule has 0 radical (unpaired) electrons. The average Bonchev–Trinajstić information content (AvgIpc) is 3.46. The van der Waals surface area contributed by atoms with E-state index in [1.807, 2.05) is 42.7 Å². The fraction of sp³-hybridized carbons (Fsp3) is 0.452. The van der Waals surface area contributed by atoms with Crippen LogP contribution in [0.3, 0.4) is 0 Å². The van der Waals surface area contributed by atoms with Crippen molar-refractivity contribution in [2.75, 3.05) is 19.0 Å². The predicted octanol–water partition coefficient (Wildman–Crippen LogP) is 8.13. The largest absolute Gasteiger partial charge is 0.496 e. The molecule has 11 nitrogen and oxygen atoms in total. The summed E-state index contributed by atoms with van der Waals surface area (Å²) >= 11 is 1.47. The number of benzene rings is 2. The number of aryl methyl sites for hydroxylation is 1. The minimum Gasteiger partial charge on any atom is -0.496 e. The number of nitrogens with one attached hydrogen (secondary N) is 2. The number of alkyl halides is 3. The van der Waals surface area contributed by atoms with E-state index in [0.717, 1.165) is 36.2 Å². The van der Waals surface area contributed by atoms with Crippen molar-refractivity contribution in [3.05, 3.63) is 76.8 Å². The molecule has 3 N–H and O–H groups in total. The quantitative estimate of drug-likeness (QED) is 0.151. The van der Waals surface area contributed by atoms with Gasteiger partial charge in [-0.3, -0.25) is 9.59 Å². The Labute approximate surface area is 332 Å². The van der Waals surface area contributed by atoms with Crippen LogP contribution < -0.4 is 20.1 Å². The molecule has 1 aliphatic carbocycles. The SMILES string of the molecule is COc1ccc2c(O[C@@H]3C[C@H]4C(=O)N[C@]5(C(=O)O)CC5/C=C\CCCCC[C@H](Nc5ccc(C(F)(F)F)cc5)C(=O)N4C3)cc(-c3nc(C(C)C)cs3)nc2c1C. The van der Waals surface area contributed by atoms with Crippen molar-refractivity contribution in [3.8, 4) is 22.2 Å². The number of rotatable bonds is 8. The molecule has 1 unspecified atom stereocenters. The Morgan fingerprint density at radius 3 is 2.54 bits per heavy atom. The van der Waals surface area contributed by atoms with E-state index in [2.05, 4.69) is 24.5 Å². The summed E-state index contributed by atoms with van der Waals surface area (Å²) in [4.78, 5) is 52.7. The highest BCUT2D eigenvalue weighted by Gasteiger charge is 2.61. The third kappa shape index (κ3) is 8.30. The van der Waals surface area contributed by atoms with Crippen LogP contribution in [0.15, 0.2) is 60.0 Å². The Kier molecular flexibility index (Phi) is 11.2. The molecule has 2 aromatic carbocycles. The van der Waals surface area contributed by atoms with E-state index in [9.17, 15) is 32.7 Å². The minimum absolute atomic E-state index is 0.00541. The molecule has 1 saturated heterocycles. The number of carboxylic acids is 1. The van der Waals surface area contributed by atoms with Gasteiger partial charge in [-0.05, 0) is 74.9 Å². The normalized spacial score (nSPS) is 24.9. The van der Waals surface area contributed by atoms with Crippen LogP contribution >= 0.6 is 11.3 Å². The topological polar surface area (TPSA) is 143 Å². The summed E-state index contributed by atoms with van der Waals surface area (Å²) in [5, 5.41) is 19.6. The monoisotopic (exact) mass is 805 g/mol. The van der Waals surface area contributed by atoms with E-state index >= 15 is 0 Å². The lowest BCUT2D eigenvalue weighted by atomic mass is 10.0. The maximum absolute atomic E-state index is 14.7. The summed E-state index contributed by atoms with van der Waals surface area (Å²) in [5.41, 5.74) is 0.969. The van der Waals surface area contributed by atoms with Crippen molar-refractivity contribution in [2.24, 2.45) is 5.92 Å². The van der Waals surface area contributed by atoms with Crippen molar-refractivity contribution < 1.29 is 42.1 Å². The number of carbonyl (C=O) groups excluding carboxylic acids is 2. The van der Waals surface area contributed by atoms with E-state index < -0.39 is 53.2 Å². The first-order valence-corrected chi connectivity index (χ1v) is 20.1. The third-order valence-electron chi connectivity index (χ3n) is 11.2. The first kappa shape index (κ1) is 40.0. The lowest BCUT2D eigenvalue weighted by molar-refractivity contribution is -0.145. The van der Waals surface area contributed by atoms with E-state index in [1.54, 1.807) is 7.11 Å². The molecule has 7 rings (SSSR count). The minimum atomic E-state index is -4.52. The molecule has 1 saturated carbocycles. The second kappa shape index (κ2) is 16.0. The molecule has 2 fully saturated rings. The van der Waals surface area contributed by atoms with Gasteiger partial charge in [0.1, 0.15) is 45.9 Å². The van der Waals surface area contributed by atoms with Gasteiger partial charge in [-0.25, -0.2) is 14.8 Å². The van der Waals surface area contributed by atoms with Crippen molar-refractivity contribution in [3.63, 3.8) is 0 Å². The highest BCUT2D eigenvalue weighted by molar-refractivity contribution is 7.13. The van der Waals surface area contributed by atoms with Gasteiger partial charge >= 0.3 is 12.1 Å². The maximum Gasteiger partial charge on any atom is 0.416 e. The second-order valence-electron chi connectivity index (χ2n) is 15.4. The zero-order valence-corrected chi connectivity index (χ0v) is 33.0. The van der Waals surface area contributed by atoms with Crippen molar-refractivity contribution in [1.29, 1.82) is 0 Å². The Balaban J connectivity index is 1.24. The molecule has 4 heterocycles. The number of thiazole rings is 1. The van der Waals surface area contributed by atoms with Crippen molar-refractivity contribution in [1.82, 2.24) is 20.2 Å². The lowest BCUT2D eigenvalue weighted by Crippen LogP contribution is -2.55. The molecule has 5 atom stereocenters. The van der Waals surface area contributed by atoms with Crippen LogP contribution in [-0.4, -0.2) is 75.1 Å². The number of allylic oxidation sites excluding steroid dienone is 1. The molecular weight excluding hydrogens is 760 g/mol. The number of anilines is 1. The Hall–Kier alpha value is -5.18. The molecule has 57 heavy (non-hydrogen) atoms. The van der Waals surface area contributed by atoms with E-state index in [4.69, 9.17) is 19.4 Å². The van der Waals surface area contributed by atoms with Crippen LogP contribution in [0, 0.1) is 12.8 Å². The molecule has 0 bridgehead atoms. The van der Waals surface area contributed by atoms with E-state index in [-0.39, 0.29) is 31.2 Å². The second-order valence-corrected chi connectivity index (χ2v) is 16.3. The number of aliphatic carboxylic acids is 1. The zero-order valence-electron chi connectivity index (χ0n) is 32.2. The summed E-state index contributed by atoms with van der Waals surface area (Å²) in [7, 11) is 1.58. The highest BCUT2D eigenvalue weighted by atomic mass is 32.1. The van der Waals surface area contributed by atoms with Gasteiger partial charge in [-0.2, -0.15) is 13.2 Å². The van der Waals surface area contributed by atoms with Gasteiger partial charge < -0.3 is 30.1 Å². The number of carboxylic acid groups (broad SMARTS) is 1. The van der Waals surface area contributed by atoms with Crippen LogP contribution in [0.4, 0.5) is 18.9 Å². The zero-order chi connectivity index (χ0) is 40.6. The van der Waals surface area contributed by atoms with E-state index in [1.165, 1.54) is 28.4 Å². The van der Waals surface area contributed by atoms with Crippen LogP contribution in [0.1, 0.15) is 81.5 Å². The summed E-state index contributed by atoms with van der Waals surface area (Å²) in [5.74, 6) is -1.26. The Morgan fingerprint density at radius 1 is 1.09 bits per heavy atom. The molecule has 0 spiro atoms. The van der Waals surface area contributed by atoms with Crippen molar-refractivity contribution >= 4 is 45.7 Å².